The Hall–Kier alpha value is -1.49. The molecular weight excluding hydrogens is 210 g/mol. The number of furan rings is 1. The van der Waals surface area contributed by atoms with Crippen molar-refractivity contribution < 1.29 is 19.1 Å². The van der Waals surface area contributed by atoms with Crippen molar-refractivity contribution in [2.45, 2.75) is 32.5 Å². The van der Waals surface area contributed by atoms with Gasteiger partial charge in [-0.25, -0.2) is 4.79 Å². The number of nitrogens with one attached hydrogen (secondary N) is 1. The van der Waals surface area contributed by atoms with Crippen LogP contribution in [0.3, 0.4) is 0 Å². The largest absolute Gasteiger partial charge is 0.472 e. The number of ether oxygens (including phenoxy) is 1. The van der Waals surface area contributed by atoms with Gasteiger partial charge in [0, 0.05) is 5.56 Å². The van der Waals surface area contributed by atoms with E-state index in [1.54, 1.807) is 26.8 Å². The second kappa shape index (κ2) is 5.03. The number of hydrogen-bond acceptors (Lipinski definition) is 4. The molecule has 0 aromatic carbocycles. The highest BCUT2D eigenvalue weighted by Crippen LogP contribution is 2.12. The van der Waals surface area contributed by atoms with Crippen LogP contribution in [0, 0.1) is 0 Å². The average molecular weight is 227 g/mol. The van der Waals surface area contributed by atoms with Crippen molar-refractivity contribution in [3.05, 3.63) is 24.2 Å². The quantitative estimate of drug-likeness (QED) is 0.826. The van der Waals surface area contributed by atoms with Crippen LogP contribution in [0.2, 0.25) is 0 Å². The molecule has 90 valence electrons. The SMILES string of the molecule is CC(C)(C)OC(=O)NCC(O)c1ccoc1. The summed E-state index contributed by atoms with van der Waals surface area (Å²) in [5.74, 6) is 0. The number of carbonyl (C=O) groups excluding carboxylic acids is 1. The van der Waals surface area contributed by atoms with E-state index in [2.05, 4.69) is 5.32 Å². The van der Waals surface area contributed by atoms with Crippen LogP contribution >= 0.6 is 0 Å². The zero-order valence-electron chi connectivity index (χ0n) is 9.69. The monoisotopic (exact) mass is 227 g/mol. The Morgan fingerprint density at radius 1 is 1.62 bits per heavy atom. The van der Waals surface area contributed by atoms with Crippen LogP contribution in [-0.2, 0) is 4.74 Å². The molecule has 0 aliphatic carbocycles. The first-order chi connectivity index (χ1) is 7.38. The molecule has 0 bridgehead atoms. The predicted octanol–water partition coefficient (Wildman–Crippen LogP) is 1.84. The Bertz CT molecular complexity index is 326. The topological polar surface area (TPSA) is 71.7 Å². The molecule has 0 aliphatic heterocycles. The molecule has 0 fully saturated rings. The van der Waals surface area contributed by atoms with Gasteiger partial charge in [0.2, 0.25) is 0 Å². The Kier molecular flexibility index (Phi) is 3.95. The molecule has 5 nitrogen and oxygen atoms in total. The van der Waals surface area contributed by atoms with E-state index < -0.39 is 17.8 Å². The van der Waals surface area contributed by atoms with Gasteiger partial charge in [0.05, 0.1) is 25.2 Å². The van der Waals surface area contributed by atoms with Crippen LogP contribution in [0.25, 0.3) is 0 Å². The number of aliphatic hydroxyl groups is 1. The van der Waals surface area contributed by atoms with Gasteiger partial charge in [-0.2, -0.15) is 0 Å². The fourth-order valence-electron chi connectivity index (χ4n) is 1.08. The fraction of sp³-hybridized carbons (Fsp3) is 0.545. The van der Waals surface area contributed by atoms with Gasteiger partial charge in [0.1, 0.15) is 5.60 Å². The molecule has 1 atom stereocenters. The standard InChI is InChI=1S/C11H17NO4/c1-11(2,3)16-10(14)12-6-9(13)8-4-5-15-7-8/h4-5,7,9,13H,6H2,1-3H3,(H,12,14). The van der Waals surface area contributed by atoms with Crippen molar-refractivity contribution in [2.75, 3.05) is 6.54 Å². The van der Waals surface area contributed by atoms with E-state index in [1.807, 2.05) is 0 Å². The number of alkyl carbamates (subject to hydrolysis) is 1. The lowest BCUT2D eigenvalue weighted by Crippen LogP contribution is -2.34. The lowest BCUT2D eigenvalue weighted by atomic mass is 10.2. The highest BCUT2D eigenvalue weighted by atomic mass is 16.6. The van der Waals surface area contributed by atoms with Gasteiger partial charge in [0.25, 0.3) is 0 Å². The second-order valence-electron chi connectivity index (χ2n) is 4.46. The Morgan fingerprint density at radius 2 is 2.31 bits per heavy atom. The van der Waals surface area contributed by atoms with Gasteiger partial charge >= 0.3 is 6.09 Å². The molecule has 0 saturated carbocycles. The molecule has 1 amide bonds. The smallest absolute Gasteiger partial charge is 0.407 e. The van der Waals surface area contributed by atoms with Crippen LogP contribution in [0.4, 0.5) is 4.79 Å². The average Bonchev–Trinajstić information content (AvgIpc) is 2.64. The molecule has 0 spiro atoms. The maximum atomic E-state index is 11.3. The number of rotatable bonds is 3. The summed E-state index contributed by atoms with van der Waals surface area (Å²) >= 11 is 0. The van der Waals surface area contributed by atoms with Crippen LogP contribution in [0.1, 0.15) is 32.4 Å². The molecule has 2 N–H and O–H groups in total. The van der Waals surface area contributed by atoms with Gasteiger partial charge in [0.15, 0.2) is 0 Å². The summed E-state index contributed by atoms with van der Waals surface area (Å²) in [4.78, 5) is 11.3. The molecule has 5 heteroatoms. The van der Waals surface area contributed by atoms with Crippen LogP contribution in [0.5, 0.6) is 0 Å². The van der Waals surface area contributed by atoms with Crippen molar-refractivity contribution in [3.8, 4) is 0 Å². The van der Waals surface area contributed by atoms with Crippen molar-refractivity contribution in [1.29, 1.82) is 0 Å². The Labute approximate surface area is 94.4 Å². The maximum Gasteiger partial charge on any atom is 0.407 e. The summed E-state index contributed by atoms with van der Waals surface area (Å²) in [6, 6.07) is 1.64. The summed E-state index contributed by atoms with van der Waals surface area (Å²) in [6.07, 6.45) is 1.56. The van der Waals surface area contributed by atoms with Crippen molar-refractivity contribution in [2.24, 2.45) is 0 Å². The summed E-state index contributed by atoms with van der Waals surface area (Å²) < 4.78 is 9.84. The van der Waals surface area contributed by atoms with Crippen molar-refractivity contribution in [3.63, 3.8) is 0 Å². The third-order valence-electron chi connectivity index (χ3n) is 1.77. The van der Waals surface area contributed by atoms with Crippen molar-refractivity contribution in [1.82, 2.24) is 5.32 Å². The van der Waals surface area contributed by atoms with Gasteiger partial charge < -0.3 is 19.6 Å². The molecule has 0 saturated heterocycles. The molecule has 0 radical (unpaired) electrons. The minimum absolute atomic E-state index is 0.0917. The van der Waals surface area contributed by atoms with Crippen LogP contribution in [0.15, 0.2) is 23.0 Å². The zero-order valence-corrected chi connectivity index (χ0v) is 9.69. The van der Waals surface area contributed by atoms with E-state index in [0.717, 1.165) is 0 Å². The maximum absolute atomic E-state index is 11.3. The van der Waals surface area contributed by atoms with Gasteiger partial charge in [-0.3, -0.25) is 0 Å². The van der Waals surface area contributed by atoms with E-state index in [0.29, 0.717) is 5.56 Å². The molecule has 1 aromatic heterocycles. The Morgan fingerprint density at radius 3 is 2.81 bits per heavy atom. The van der Waals surface area contributed by atoms with E-state index >= 15 is 0 Å². The highest BCUT2D eigenvalue weighted by molar-refractivity contribution is 5.67. The number of hydrogen-bond donors (Lipinski definition) is 2. The highest BCUT2D eigenvalue weighted by Gasteiger charge is 2.17. The first-order valence-electron chi connectivity index (χ1n) is 5.05. The molecule has 16 heavy (non-hydrogen) atoms. The zero-order chi connectivity index (χ0) is 12.2. The van der Waals surface area contributed by atoms with Gasteiger partial charge in [-0.1, -0.05) is 0 Å². The summed E-state index contributed by atoms with van der Waals surface area (Å²) in [7, 11) is 0. The summed E-state index contributed by atoms with van der Waals surface area (Å²) in [5, 5.41) is 12.1. The number of amides is 1. The molecule has 1 heterocycles. The van der Waals surface area contributed by atoms with E-state index in [1.165, 1.54) is 12.5 Å². The van der Waals surface area contributed by atoms with Crippen LogP contribution in [-0.4, -0.2) is 23.3 Å². The minimum atomic E-state index is -0.786. The molecule has 1 unspecified atom stereocenters. The molecule has 1 rings (SSSR count). The van der Waals surface area contributed by atoms with Crippen molar-refractivity contribution >= 4 is 6.09 Å². The first kappa shape index (κ1) is 12.6. The van der Waals surface area contributed by atoms with E-state index in [4.69, 9.17) is 9.15 Å². The van der Waals surface area contributed by atoms with Gasteiger partial charge in [-0.05, 0) is 26.8 Å². The molecule has 0 aliphatic rings. The Balaban J connectivity index is 2.32. The van der Waals surface area contributed by atoms with E-state index in [-0.39, 0.29) is 6.54 Å². The fourth-order valence-corrected chi connectivity index (χ4v) is 1.08. The lowest BCUT2D eigenvalue weighted by molar-refractivity contribution is 0.0491. The van der Waals surface area contributed by atoms with Crippen LogP contribution < -0.4 is 5.32 Å². The third-order valence-corrected chi connectivity index (χ3v) is 1.77. The normalized spacial score (nSPS) is 13.2. The number of carbonyl (C=O) groups is 1. The second-order valence-corrected chi connectivity index (χ2v) is 4.46. The first-order valence-corrected chi connectivity index (χ1v) is 5.05. The minimum Gasteiger partial charge on any atom is -0.472 e. The molecular formula is C11H17NO4. The van der Waals surface area contributed by atoms with Gasteiger partial charge in [-0.15, -0.1) is 0 Å². The summed E-state index contributed by atoms with van der Waals surface area (Å²) in [6.45, 7) is 5.42. The van der Waals surface area contributed by atoms with E-state index in [9.17, 15) is 9.90 Å². The predicted molar refractivity (Wildman–Crippen MR) is 57.9 cm³/mol. The lowest BCUT2D eigenvalue weighted by Gasteiger charge is -2.20. The number of aliphatic hydroxyl groups excluding tert-OH is 1. The summed E-state index contributed by atoms with van der Waals surface area (Å²) in [5.41, 5.74) is 0.0843. The molecule has 1 aromatic rings. The third kappa shape index (κ3) is 4.35.